The lowest BCUT2D eigenvalue weighted by Crippen LogP contribution is -2.08. The van der Waals surface area contributed by atoms with Crippen molar-refractivity contribution in [3.63, 3.8) is 0 Å². The lowest BCUT2D eigenvalue weighted by atomic mass is 10.1. The molecule has 1 aromatic carbocycles. The van der Waals surface area contributed by atoms with Crippen molar-refractivity contribution in [3.8, 4) is 5.75 Å². The topological polar surface area (TPSA) is 23.5 Å². The van der Waals surface area contributed by atoms with Crippen LogP contribution in [0.3, 0.4) is 0 Å². The van der Waals surface area contributed by atoms with Gasteiger partial charge in [0.25, 0.3) is 0 Å². The molecule has 0 spiro atoms. The van der Waals surface area contributed by atoms with Crippen LogP contribution in [0.2, 0.25) is 0 Å². The monoisotopic (exact) mass is 165 g/mol. The van der Waals surface area contributed by atoms with Crippen molar-refractivity contribution in [3.05, 3.63) is 23.8 Å². The molecule has 0 saturated heterocycles. The van der Waals surface area contributed by atoms with Crippen molar-refractivity contribution in [2.75, 3.05) is 19.0 Å². The van der Waals surface area contributed by atoms with Crippen LogP contribution in [-0.2, 0) is 6.42 Å². The van der Waals surface area contributed by atoms with E-state index in [-0.39, 0.29) is 0 Å². The van der Waals surface area contributed by atoms with Crippen molar-refractivity contribution in [2.24, 2.45) is 0 Å². The van der Waals surface area contributed by atoms with Gasteiger partial charge in [-0.3, -0.25) is 0 Å². The lowest BCUT2D eigenvalue weighted by Gasteiger charge is -2.13. The minimum atomic E-state index is 0.392. The van der Waals surface area contributed by atoms with E-state index in [9.17, 15) is 5.11 Å². The second-order valence-corrected chi connectivity index (χ2v) is 3.06. The van der Waals surface area contributed by atoms with Gasteiger partial charge in [0.1, 0.15) is 5.75 Å². The molecule has 1 N–H and O–H groups in total. The maximum absolute atomic E-state index is 9.40. The Balaban J connectivity index is 3.05. The SMILES string of the molecule is CCc1cc(N(C)C)ccc1O. The summed E-state index contributed by atoms with van der Waals surface area (Å²) in [5, 5.41) is 9.40. The number of aryl methyl sites for hydroxylation is 1. The summed E-state index contributed by atoms with van der Waals surface area (Å²) in [6.07, 6.45) is 0.869. The molecule has 0 aromatic heterocycles. The molecule has 0 atom stereocenters. The van der Waals surface area contributed by atoms with Gasteiger partial charge in [-0.15, -0.1) is 0 Å². The van der Waals surface area contributed by atoms with Gasteiger partial charge in [-0.25, -0.2) is 0 Å². The number of benzene rings is 1. The molecule has 2 heteroatoms. The zero-order chi connectivity index (χ0) is 9.14. The van der Waals surface area contributed by atoms with Gasteiger partial charge in [0.2, 0.25) is 0 Å². The Hall–Kier alpha value is -1.18. The first-order valence-corrected chi connectivity index (χ1v) is 4.14. The van der Waals surface area contributed by atoms with Crippen LogP contribution in [0.4, 0.5) is 5.69 Å². The van der Waals surface area contributed by atoms with Gasteiger partial charge in [-0.05, 0) is 30.2 Å². The van der Waals surface area contributed by atoms with Crippen molar-refractivity contribution < 1.29 is 5.11 Å². The highest BCUT2D eigenvalue weighted by Crippen LogP contribution is 2.22. The van der Waals surface area contributed by atoms with E-state index < -0.39 is 0 Å². The van der Waals surface area contributed by atoms with Crippen LogP contribution < -0.4 is 4.90 Å². The number of rotatable bonds is 2. The Morgan fingerprint density at radius 3 is 2.50 bits per heavy atom. The average molecular weight is 165 g/mol. The summed E-state index contributed by atoms with van der Waals surface area (Å²) in [6.45, 7) is 2.04. The fraction of sp³-hybridized carbons (Fsp3) is 0.400. The standard InChI is InChI=1S/C10H15NO/c1-4-8-7-9(11(2)3)5-6-10(8)12/h5-7,12H,4H2,1-3H3. The van der Waals surface area contributed by atoms with Crippen molar-refractivity contribution in [1.29, 1.82) is 0 Å². The smallest absolute Gasteiger partial charge is 0.118 e. The van der Waals surface area contributed by atoms with E-state index in [1.165, 1.54) is 0 Å². The van der Waals surface area contributed by atoms with Gasteiger partial charge in [-0.2, -0.15) is 0 Å². The fourth-order valence-corrected chi connectivity index (χ4v) is 1.13. The van der Waals surface area contributed by atoms with Crippen LogP contribution in [0.1, 0.15) is 12.5 Å². The fourth-order valence-electron chi connectivity index (χ4n) is 1.13. The zero-order valence-electron chi connectivity index (χ0n) is 7.83. The number of phenolic OH excluding ortho intramolecular Hbond substituents is 1. The predicted molar refractivity (Wildman–Crippen MR) is 51.8 cm³/mol. The number of hydrogen-bond acceptors (Lipinski definition) is 2. The Morgan fingerprint density at radius 1 is 1.33 bits per heavy atom. The maximum atomic E-state index is 9.40. The van der Waals surface area contributed by atoms with Crippen molar-refractivity contribution in [2.45, 2.75) is 13.3 Å². The molecule has 0 aliphatic rings. The van der Waals surface area contributed by atoms with Gasteiger partial charge < -0.3 is 10.0 Å². The Labute approximate surface area is 73.4 Å². The molecule has 0 saturated carbocycles. The molecule has 2 nitrogen and oxygen atoms in total. The van der Waals surface area contributed by atoms with E-state index in [1.807, 2.05) is 38.1 Å². The van der Waals surface area contributed by atoms with Gasteiger partial charge >= 0.3 is 0 Å². The highest BCUT2D eigenvalue weighted by atomic mass is 16.3. The highest BCUT2D eigenvalue weighted by Gasteiger charge is 2.01. The van der Waals surface area contributed by atoms with Gasteiger partial charge in [-0.1, -0.05) is 6.92 Å². The van der Waals surface area contributed by atoms with Gasteiger partial charge in [0, 0.05) is 19.8 Å². The summed E-state index contributed by atoms with van der Waals surface area (Å²) in [4.78, 5) is 2.03. The molecule has 0 radical (unpaired) electrons. The van der Waals surface area contributed by atoms with E-state index in [1.54, 1.807) is 6.07 Å². The minimum Gasteiger partial charge on any atom is -0.508 e. The normalized spacial score (nSPS) is 9.92. The first-order valence-electron chi connectivity index (χ1n) is 4.14. The van der Waals surface area contributed by atoms with Crippen LogP contribution in [0, 0.1) is 0 Å². The Kier molecular flexibility index (Phi) is 2.58. The largest absolute Gasteiger partial charge is 0.508 e. The average Bonchev–Trinajstić information content (AvgIpc) is 2.05. The first kappa shape index (κ1) is 8.91. The second kappa shape index (κ2) is 3.48. The predicted octanol–water partition coefficient (Wildman–Crippen LogP) is 2.02. The molecule has 0 heterocycles. The molecule has 0 amide bonds. The highest BCUT2D eigenvalue weighted by molar-refractivity contribution is 5.51. The second-order valence-electron chi connectivity index (χ2n) is 3.06. The summed E-state index contributed by atoms with van der Waals surface area (Å²) >= 11 is 0. The number of aromatic hydroxyl groups is 1. The molecule has 0 aliphatic carbocycles. The van der Waals surface area contributed by atoms with Crippen LogP contribution in [0.25, 0.3) is 0 Å². The van der Waals surface area contributed by atoms with E-state index in [0.29, 0.717) is 5.75 Å². The van der Waals surface area contributed by atoms with Crippen molar-refractivity contribution >= 4 is 5.69 Å². The summed E-state index contributed by atoms with van der Waals surface area (Å²) in [7, 11) is 3.98. The maximum Gasteiger partial charge on any atom is 0.118 e. The number of hydrogen-bond donors (Lipinski definition) is 1. The van der Waals surface area contributed by atoms with Crippen LogP contribution >= 0.6 is 0 Å². The molecule has 0 fully saturated rings. The molecule has 66 valence electrons. The number of phenols is 1. The minimum absolute atomic E-state index is 0.392. The summed E-state index contributed by atoms with van der Waals surface area (Å²) < 4.78 is 0. The third-order valence-electron chi connectivity index (χ3n) is 1.96. The first-order chi connectivity index (χ1) is 5.65. The zero-order valence-corrected chi connectivity index (χ0v) is 7.83. The molecule has 1 aromatic rings. The summed E-state index contributed by atoms with van der Waals surface area (Å²) in [5.74, 6) is 0.392. The third-order valence-corrected chi connectivity index (χ3v) is 1.96. The summed E-state index contributed by atoms with van der Waals surface area (Å²) in [5.41, 5.74) is 2.13. The molecule has 12 heavy (non-hydrogen) atoms. The van der Waals surface area contributed by atoms with E-state index in [4.69, 9.17) is 0 Å². The lowest BCUT2D eigenvalue weighted by molar-refractivity contribution is 0.469. The molecule has 0 unspecified atom stereocenters. The summed E-state index contributed by atoms with van der Waals surface area (Å²) in [6, 6.07) is 5.66. The Bertz CT molecular complexity index is 269. The van der Waals surface area contributed by atoms with E-state index in [0.717, 1.165) is 17.7 Å². The van der Waals surface area contributed by atoms with Crippen LogP contribution in [0.5, 0.6) is 5.75 Å². The molecular formula is C10H15NO. The number of anilines is 1. The molecule has 1 rings (SSSR count). The molecular weight excluding hydrogens is 150 g/mol. The molecule has 0 aliphatic heterocycles. The number of nitrogens with zero attached hydrogens (tertiary/aromatic N) is 1. The van der Waals surface area contributed by atoms with Crippen LogP contribution in [-0.4, -0.2) is 19.2 Å². The third kappa shape index (κ3) is 1.70. The van der Waals surface area contributed by atoms with Gasteiger partial charge in [0.05, 0.1) is 0 Å². The van der Waals surface area contributed by atoms with E-state index >= 15 is 0 Å². The van der Waals surface area contributed by atoms with Gasteiger partial charge in [0.15, 0.2) is 0 Å². The quantitative estimate of drug-likeness (QED) is 0.724. The Morgan fingerprint density at radius 2 is 2.00 bits per heavy atom. The van der Waals surface area contributed by atoms with Crippen molar-refractivity contribution in [1.82, 2.24) is 0 Å². The van der Waals surface area contributed by atoms with Crippen LogP contribution in [0.15, 0.2) is 18.2 Å². The van der Waals surface area contributed by atoms with E-state index in [2.05, 4.69) is 0 Å². The molecule has 0 bridgehead atoms.